The second-order valence-electron chi connectivity index (χ2n) is 5.52. The molecule has 0 aliphatic carbocycles. The minimum atomic E-state index is 0.706. The first-order chi connectivity index (χ1) is 12.7. The Labute approximate surface area is 159 Å². The number of nitrogens with one attached hydrogen (secondary N) is 2. The van der Waals surface area contributed by atoms with Gasteiger partial charge in [-0.25, -0.2) is 0 Å². The second-order valence-corrected chi connectivity index (χ2v) is 6.55. The van der Waals surface area contributed by atoms with Gasteiger partial charge in [0.05, 0.1) is 21.3 Å². The fourth-order valence-electron chi connectivity index (χ4n) is 2.61. The van der Waals surface area contributed by atoms with Gasteiger partial charge in [0.1, 0.15) is 17.2 Å². The highest BCUT2D eigenvalue weighted by Gasteiger charge is 2.13. The Bertz CT molecular complexity index is 677. The van der Waals surface area contributed by atoms with Crippen LogP contribution in [0.1, 0.15) is 10.4 Å². The molecule has 2 aromatic rings. The molecule has 1 heterocycles. The van der Waals surface area contributed by atoms with Crippen LogP contribution in [0.2, 0.25) is 0 Å². The number of guanidine groups is 1. The van der Waals surface area contributed by atoms with Crippen molar-refractivity contribution in [2.24, 2.45) is 4.99 Å². The highest BCUT2D eigenvalue weighted by Crippen LogP contribution is 2.34. The van der Waals surface area contributed by atoms with Gasteiger partial charge in [-0.15, -0.1) is 11.3 Å². The molecule has 0 fully saturated rings. The van der Waals surface area contributed by atoms with Crippen LogP contribution in [0.15, 0.2) is 34.6 Å². The summed E-state index contributed by atoms with van der Waals surface area (Å²) in [5.74, 6) is 3.00. The normalized spacial score (nSPS) is 11.2. The number of rotatable bonds is 9. The van der Waals surface area contributed by atoms with Gasteiger partial charge in [0.25, 0.3) is 0 Å². The zero-order chi connectivity index (χ0) is 18.8. The third-order valence-electron chi connectivity index (χ3n) is 3.95. The van der Waals surface area contributed by atoms with E-state index in [9.17, 15) is 0 Å². The lowest BCUT2D eigenvalue weighted by Gasteiger charge is -2.16. The molecule has 0 radical (unpaired) electrons. The van der Waals surface area contributed by atoms with E-state index < -0.39 is 0 Å². The molecular weight excluding hydrogens is 350 g/mol. The molecule has 0 atom stereocenters. The van der Waals surface area contributed by atoms with Gasteiger partial charge < -0.3 is 24.8 Å². The van der Waals surface area contributed by atoms with Crippen LogP contribution in [0, 0.1) is 0 Å². The summed E-state index contributed by atoms with van der Waals surface area (Å²) in [5, 5.41) is 8.76. The lowest BCUT2D eigenvalue weighted by atomic mass is 10.1. The molecule has 0 aliphatic heterocycles. The number of aliphatic imine (C=N–C) groups is 1. The maximum atomic E-state index is 5.49. The highest BCUT2D eigenvalue weighted by molar-refractivity contribution is 7.09. The standard InChI is InChI=1S/C19H27N3O3S/c1-20-19(21-9-7-15-6-5-11-26-15)22-10-8-16-17(24-3)12-14(23-2)13-18(16)25-4/h5-6,11-13H,7-10H2,1-4H3,(H2,20,21,22). The smallest absolute Gasteiger partial charge is 0.190 e. The molecule has 1 aromatic heterocycles. The molecule has 0 bridgehead atoms. The molecule has 6 nitrogen and oxygen atoms in total. The average molecular weight is 378 g/mol. The molecule has 0 amide bonds. The van der Waals surface area contributed by atoms with Crippen LogP contribution in [-0.4, -0.2) is 47.4 Å². The van der Waals surface area contributed by atoms with E-state index >= 15 is 0 Å². The minimum absolute atomic E-state index is 0.706. The van der Waals surface area contributed by atoms with E-state index in [2.05, 4.69) is 33.1 Å². The van der Waals surface area contributed by atoms with Crippen molar-refractivity contribution in [3.05, 3.63) is 40.1 Å². The Balaban J connectivity index is 1.89. The van der Waals surface area contributed by atoms with Crippen molar-refractivity contribution in [1.29, 1.82) is 0 Å². The van der Waals surface area contributed by atoms with Crippen LogP contribution in [0.5, 0.6) is 17.2 Å². The lowest BCUT2D eigenvalue weighted by molar-refractivity contribution is 0.368. The molecule has 2 N–H and O–H groups in total. The molecule has 0 saturated carbocycles. The lowest BCUT2D eigenvalue weighted by Crippen LogP contribution is -2.39. The van der Waals surface area contributed by atoms with Gasteiger partial charge in [-0.05, 0) is 24.3 Å². The molecule has 1 aromatic carbocycles. The van der Waals surface area contributed by atoms with Crippen molar-refractivity contribution in [2.45, 2.75) is 12.8 Å². The van der Waals surface area contributed by atoms with Crippen molar-refractivity contribution in [3.63, 3.8) is 0 Å². The monoisotopic (exact) mass is 377 g/mol. The number of nitrogens with zero attached hydrogens (tertiary/aromatic N) is 1. The van der Waals surface area contributed by atoms with E-state index in [1.807, 2.05) is 12.1 Å². The fourth-order valence-corrected chi connectivity index (χ4v) is 3.32. The van der Waals surface area contributed by atoms with Gasteiger partial charge in [-0.1, -0.05) is 6.07 Å². The predicted molar refractivity (Wildman–Crippen MR) is 107 cm³/mol. The SMILES string of the molecule is CN=C(NCCc1cccs1)NCCc1c(OC)cc(OC)cc1OC. The summed E-state index contributed by atoms with van der Waals surface area (Å²) >= 11 is 1.77. The van der Waals surface area contributed by atoms with E-state index in [1.54, 1.807) is 39.7 Å². The zero-order valence-electron chi connectivity index (χ0n) is 15.8. The Morgan fingerprint density at radius 2 is 1.65 bits per heavy atom. The maximum Gasteiger partial charge on any atom is 0.190 e. The second kappa shape index (κ2) is 10.6. The van der Waals surface area contributed by atoms with Crippen LogP contribution < -0.4 is 24.8 Å². The first kappa shape index (κ1) is 19.9. The summed E-state index contributed by atoms with van der Waals surface area (Å²) in [4.78, 5) is 5.63. The molecular formula is C19H27N3O3S. The highest BCUT2D eigenvalue weighted by atomic mass is 32.1. The largest absolute Gasteiger partial charge is 0.496 e. The summed E-state index contributed by atoms with van der Waals surface area (Å²) in [6.45, 7) is 1.55. The molecule has 142 valence electrons. The van der Waals surface area contributed by atoms with Crippen LogP contribution >= 0.6 is 11.3 Å². The fraction of sp³-hybridized carbons (Fsp3) is 0.421. The van der Waals surface area contributed by atoms with Gasteiger partial charge in [0.15, 0.2) is 5.96 Å². The van der Waals surface area contributed by atoms with Crippen molar-refractivity contribution < 1.29 is 14.2 Å². The Morgan fingerprint density at radius 3 is 2.15 bits per heavy atom. The van der Waals surface area contributed by atoms with E-state index in [4.69, 9.17) is 14.2 Å². The van der Waals surface area contributed by atoms with E-state index in [0.29, 0.717) is 12.3 Å². The van der Waals surface area contributed by atoms with Gasteiger partial charge >= 0.3 is 0 Å². The zero-order valence-corrected chi connectivity index (χ0v) is 16.6. The van der Waals surface area contributed by atoms with Gasteiger partial charge in [0, 0.05) is 42.7 Å². The number of thiophene rings is 1. The molecule has 0 saturated heterocycles. The summed E-state index contributed by atoms with van der Waals surface area (Å²) in [6, 6.07) is 7.95. The third kappa shape index (κ3) is 5.56. The Kier molecular flexibility index (Phi) is 8.08. The number of hydrogen-bond acceptors (Lipinski definition) is 5. The number of benzene rings is 1. The number of hydrogen-bond donors (Lipinski definition) is 2. The summed E-state index contributed by atoms with van der Waals surface area (Å²) in [5.41, 5.74) is 0.998. The van der Waals surface area contributed by atoms with Crippen LogP contribution in [0.25, 0.3) is 0 Å². The van der Waals surface area contributed by atoms with Gasteiger partial charge in [0.2, 0.25) is 0 Å². The third-order valence-corrected chi connectivity index (χ3v) is 4.89. The number of ether oxygens (including phenoxy) is 3. The van der Waals surface area contributed by atoms with E-state index in [1.165, 1.54) is 4.88 Å². The molecule has 7 heteroatoms. The van der Waals surface area contributed by atoms with Crippen LogP contribution in [0.3, 0.4) is 0 Å². The average Bonchev–Trinajstić information content (AvgIpc) is 3.19. The molecule has 2 rings (SSSR count). The summed E-state index contributed by atoms with van der Waals surface area (Å²) in [7, 11) is 6.70. The van der Waals surface area contributed by atoms with Crippen molar-refractivity contribution >= 4 is 17.3 Å². The van der Waals surface area contributed by atoms with Gasteiger partial charge in [-0.2, -0.15) is 0 Å². The first-order valence-corrected chi connectivity index (χ1v) is 9.35. The van der Waals surface area contributed by atoms with Crippen LogP contribution in [0.4, 0.5) is 0 Å². The topological polar surface area (TPSA) is 64.1 Å². The molecule has 0 spiro atoms. The summed E-state index contributed by atoms with van der Waals surface area (Å²) < 4.78 is 16.3. The quantitative estimate of drug-likeness (QED) is 0.520. The Hall–Kier alpha value is -2.41. The van der Waals surface area contributed by atoms with Crippen LogP contribution in [-0.2, 0) is 12.8 Å². The molecule has 0 unspecified atom stereocenters. The first-order valence-electron chi connectivity index (χ1n) is 8.47. The molecule has 0 aliphatic rings. The minimum Gasteiger partial charge on any atom is -0.496 e. The number of methoxy groups -OCH3 is 3. The summed E-state index contributed by atoms with van der Waals surface area (Å²) in [6.07, 6.45) is 1.72. The van der Waals surface area contributed by atoms with E-state index in [-0.39, 0.29) is 0 Å². The van der Waals surface area contributed by atoms with Crippen molar-refractivity contribution in [3.8, 4) is 17.2 Å². The molecule has 26 heavy (non-hydrogen) atoms. The van der Waals surface area contributed by atoms with Crippen molar-refractivity contribution in [2.75, 3.05) is 41.5 Å². The van der Waals surface area contributed by atoms with E-state index in [0.717, 1.165) is 42.4 Å². The van der Waals surface area contributed by atoms with Crippen molar-refractivity contribution in [1.82, 2.24) is 10.6 Å². The Morgan fingerprint density at radius 1 is 1.00 bits per heavy atom. The van der Waals surface area contributed by atoms with Gasteiger partial charge in [-0.3, -0.25) is 4.99 Å². The predicted octanol–water partition coefficient (Wildman–Crippen LogP) is 2.72. The maximum absolute atomic E-state index is 5.49.